The number of hydrogen-bond acceptors (Lipinski definition) is 5. The summed E-state index contributed by atoms with van der Waals surface area (Å²) in [7, 11) is 0. The van der Waals surface area contributed by atoms with E-state index in [2.05, 4.69) is 15.6 Å². The van der Waals surface area contributed by atoms with Crippen LogP contribution in [0.4, 0.5) is 5.13 Å². The second-order valence-corrected chi connectivity index (χ2v) is 5.58. The lowest BCUT2D eigenvalue weighted by molar-refractivity contribution is -0.118. The first-order chi connectivity index (χ1) is 9.08. The second-order valence-electron chi connectivity index (χ2n) is 4.72. The largest absolute Gasteiger partial charge is 0.335 e. The van der Waals surface area contributed by atoms with Crippen LogP contribution in [-0.4, -0.2) is 47.9 Å². The fourth-order valence-corrected chi connectivity index (χ4v) is 2.40. The number of aromatic nitrogens is 1. The smallest absolute Gasteiger partial charge is 0.273 e. The molecule has 0 spiro atoms. The average molecular weight is 282 g/mol. The summed E-state index contributed by atoms with van der Waals surface area (Å²) in [4.78, 5) is 29.7. The van der Waals surface area contributed by atoms with Crippen LogP contribution in [0.1, 0.15) is 24.3 Å². The molecule has 1 aliphatic rings. The minimum atomic E-state index is -0.101. The van der Waals surface area contributed by atoms with Crippen LogP contribution < -0.4 is 10.6 Å². The molecule has 0 aliphatic carbocycles. The Kier molecular flexibility index (Phi) is 4.49. The Hall–Kier alpha value is -1.47. The maximum Gasteiger partial charge on any atom is 0.273 e. The molecule has 1 aromatic heterocycles. The highest BCUT2D eigenvalue weighted by Gasteiger charge is 2.21. The minimum absolute atomic E-state index is 0.0669. The number of thiazole rings is 1. The molecule has 2 amide bonds. The number of hydrogen-bond donors (Lipinski definition) is 2. The van der Waals surface area contributed by atoms with E-state index in [1.807, 2.05) is 13.8 Å². The van der Waals surface area contributed by atoms with Gasteiger partial charge in [-0.25, -0.2) is 4.98 Å². The average Bonchev–Trinajstić information content (AvgIpc) is 2.87. The van der Waals surface area contributed by atoms with E-state index in [9.17, 15) is 9.59 Å². The van der Waals surface area contributed by atoms with Gasteiger partial charge in [-0.05, 0) is 0 Å². The summed E-state index contributed by atoms with van der Waals surface area (Å²) >= 11 is 1.28. The number of piperazine rings is 1. The van der Waals surface area contributed by atoms with E-state index in [-0.39, 0.29) is 17.7 Å². The number of rotatable bonds is 3. The van der Waals surface area contributed by atoms with Crippen LogP contribution in [0.25, 0.3) is 0 Å². The molecule has 0 bridgehead atoms. The maximum atomic E-state index is 12.2. The highest BCUT2D eigenvalue weighted by molar-refractivity contribution is 7.14. The van der Waals surface area contributed by atoms with Crippen molar-refractivity contribution in [2.24, 2.45) is 5.92 Å². The number of amides is 2. The molecule has 0 unspecified atom stereocenters. The first-order valence-corrected chi connectivity index (χ1v) is 7.22. The predicted molar refractivity (Wildman–Crippen MR) is 74.4 cm³/mol. The Bertz CT molecular complexity index is 466. The molecule has 1 saturated heterocycles. The third kappa shape index (κ3) is 3.51. The highest BCUT2D eigenvalue weighted by atomic mass is 32.1. The lowest BCUT2D eigenvalue weighted by Gasteiger charge is -2.26. The van der Waals surface area contributed by atoms with E-state index in [0.29, 0.717) is 23.9 Å². The number of carbonyl (C=O) groups excluding carboxylic acids is 2. The molecule has 7 heteroatoms. The monoisotopic (exact) mass is 282 g/mol. The molecule has 6 nitrogen and oxygen atoms in total. The first-order valence-electron chi connectivity index (χ1n) is 6.34. The molecule has 0 aromatic carbocycles. The van der Waals surface area contributed by atoms with Crippen molar-refractivity contribution in [2.75, 3.05) is 31.5 Å². The molecule has 1 aromatic rings. The van der Waals surface area contributed by atoms with E-state index >= 15 is 0 Å². The Balaban J connectivity index is 1.99. The van der Waals surface area contributed by atoms with Crippen LogP contribution in [0.2, 0.25) is 0 Å². The molecule has 0 atom stereocenters. The van der Waals surface area contributed by atoms with Gasteiger partial charge in [0.25, 0.3) is 5.91 Å². The van der Waals surface area contributed by atoms with Crippen molar-refractivity contribution < 1.29 is 9.59 Å². The summed E-state index contributed by atoms with van der Waals surface area (Å²) < 4.78 is 0. The van der Waals surface area contributed by atoms with Gasteiger partial charge in [-0.1, -0.05) is 13.8 Å². The van der Waals surface area contributed by atoms with Crippen LogP contribution in [0.5, 0.6) is 0 Å². The van der Waals surface area contributed by atoms with Crippen molar-refractivity contribution in [3.63, 3.8) is 0 Å². The van der Waals surface area contributed by atoms with Crippen molar-refractivity contribution >= 4 is 28.3 Å². The summed E-state index contributed by atoms with van der Waals surface area (Å²) in [6.45, 7) is 6.65. The predicted octanol–water partition coefficient (Wildman–Crippen LogP) is 0.783. The highest BCUT2D eigenvalue weighted by Crippen LogP contribution is 2.17. The van der Waals surface area contributed by atoms with Gasteiger partial charge in [-0.2, -0.15) is 0 Å². The summed E-state index contributed by atoms with van der Waals surface area (Å²) in [5, 5.41) is 8.08. The van der Waals surface area contributed by atoms with Crippen molar-refractivity contribution in [1.29, 1.82) is 0 Å². The lowest BCUT2D eigenvalue weighted by atomic mass is 10.2. The minimum Gasteiger partial charge on any atom is -0.335 e. The van der Waals surface area contributed by atoms with Gasteiger partial charge in [0.15, 0.2) is 5.13 Å². The molecule has 0 saturated carbocycles. The van der Waals surface area contributed by atoms with Crippen molar-refractivity contribution in [3.8, 4) is 0 Å². The van der Waals surface area contributed by atoms with E-state index in [4.69, 9.17) is 0 Å². The number of anilines is 1. The van der Waals surface area contributed by atoms with E-state index in [1.165, 1.54) is 11.3 Å². The lowest BCUT2D eigenvalue weighted by Crippen LogP contribution is -2.46. The van der Waals surface area contributed by atoms with Crippen molar-refractivity contribution in [1.82, 2.24) is 15.2 Å². The second kappa shape index (κ2) is 6.12. The Morgan fingerprint density at radius 1 is 1.42 bits per heavy atom. The van der Waals surface area contributed by atoms with Gasteiger partial charge in [0.2, 0.25) is 5.91 Å². The van der Waals surface area contributed by atoms with E-state index in [1.54, 1.807) is 10.3 Å². The van der Waals surface area contributed by atoms with Crippen molar-refractivity contribution in [2.45, 2.75) is 13.8 Å². The van der Waals surface area contributed by atoms with Crippen LogP contribution >= 0.6 is 11.3 Å². The van der Waals surface area contributed by atoms with E-state index in [0.717, 1.165) is 13.1 Å². The quantitative estimate of drug-likeness (QED) is 0.859. The zero-order valence-electron chi connectivity index (χ0n) is 11.1. The van der Waals surface area contributed by atoms with Crippen LogP contribution in [0, 0.1) is 5.92 Å². The molecule has 0 radical (unpaired) electrons. The van der Waals surface area contributed by atoms with Crippen molar-refractivity contribution in [3.05, 3.63) is 11.1 Å². The standard InChI is InChI=1S/C12H18N4O2S/c1-8(2)10(17)15-12-14-9(7-19-12)11(18)16-5-3-13-4-6-16/h7-8,13H,3-6H2,1-2H3,(H,14,15,17). The molecule has 104 valence electrons. The van der Waals surface area contributed by atoms with Gasteiger partial charge in [0.1, 0.15) is 5.69 Å². The molecule has 1 aliphatic heterocycles. The summed E-state index contributed by atoms with van der Waals surface area (Å²) in [5.41, 5.74) is 0.408. The molecule has 1 fully saturated rings. The third-order valence-electron chi connectivity index (χ3n) is 2.88. The van der Waals surface area contributed by atoms with Crippen LogP contribution in [-0.2, 0) is 4.79 Å². The molecular formula is C12H18N4O2S. The number of carbonyl (C=O) groups is 2. The Morgan fingerprint density at radius 3 is 2.74 bits per heavy atom. The van der Waals surface area contributed by atoms with Gasteiger partial charge in [-0.15, -0.1) is 11.3 Å². The Labute approximate surface area is 116 Å². The zero-order chi connectivity index (χ0) is 13.8. The normalized spacial score (nSPS) is 15.6. The summed E-state index contributed by atoms with van der Waals surface area (Å²) in [5.74, 6) is -0.255. The number of nitrogens with one attached hydrogen (secondary N) is 2. The van der Waals surface area contributed by atoms with Crippen LogP contribution in [0.15, 0.2) is 5.38 Å². The van der Waals surface area contributed by atoms with Gasteiger partial charge in [-0.3, -0.25) is 9.59 Å². The van der Waals surface area contributed by atoms with Gasteiger partial charge in [0.05, 0.1) is 0 Å². The fourth-order valence-electron chi connectivity index (χ4n) is 1.71. The van der Waals surface area contributed by atoms with Gasteiger partial charge >= 0.3 is 0 Å². The van der Waals surface area contributed by atoms with E-state index < -0.39 is 0 Å². The molecule has 2 heterocycles. The summed E-state index contributed by atoms with van der Waals surface area (Å²) in [6.07, 6.45) is 0. The zero-order valence-corrected chi connectivity index (χ0v) is 11.9. The fraction of sp³-hybridized carbons (Fsp3) is 0.583. The summed E-state index contributed by atoms with van der Waals surface area (Å²) in [6, 6.07) is 0. The first kappa shape index (κ1) is 14.0. The topological polar surface area (TPSA) is 74.3 Å². The molecule has 2 rings (SSSR count). The SMILES string of the molecule is CC(C)C(=O)Nc1nc(C(=O)N2CCNCC2)cs1. The van der Waals surface area contributed by atoms with Gasteiger partial charge < -0.3 is 15.5 Å². The maximum absolute atomic E-state index is 12.2. The molecule has 2 N–H and O–H groups in total. The Morgan fingerprint density at radius 2 is 2.11 bits per heavy atom. The molecule has 19 heavy (non-hydrogen) atoms. The third-order valence-corrected chi connectivity index (χ3v) is 3.64. The molecular weight excluding hydrogens is 264 g/mol. The number of nitrogens with zero attached hydrogens (tertiary/aromatic N) is 2. The van der Waals surface area contributed by atoms with Crippen LogP contribution in [0.3, 0.4) is 0 Å². The van der Waals surface area contributed by atoms with Gasteiger partial charge in [0, 0.05) is 37.5 Å².